The van der Waals surface area contributed by atoms with Crippen LogP contribution in [0.3, 0.4) is 0 Å². The molecule has 0 unspecified atom stereocenters. The summed E-state index contributed by atoms with van der Waals surface area (Å²) in [6, 6.07) is 8.35. The lowest BCUT2D eigenvalue weighted by Crippen LogP contribution is -2.17. The standard InChI is InChI=1S/C18H26ClN/c1-20(2)14-17-8-6-4-3-5-7-16(17)13-15-9-11-18(19)12-10-15/h9-12H,3-8,13-14H2,1-2H3. The Morgan fingerprint density at radius 2 is 1.50 bits per heavy atom. The fourth-order valence-electron chi connectivity index (χ4n) is 3.02. The Morgan fingerprint density at radius 3 is 2.10 bits per heavy atom. The molecule has 0 radical (unpaired) electrons. The molecule has 1 aliphatic carbocycles. The number of hydrogen-bond donors (Lipinski definition) is 0. The molecule has 2 rings (SSSR count). The Kier molecular flexibility index (Phi) is 6.12. The molecule has 1 aromatic rings. The lowest BCUT2D eigenvalue weighted by molar-refractivity contribution is 0.429. The van der Waals surface area contributed by atoms with Crippen LogP contribution in [-0.4, -0.2) is 25.5 Å². The van der Waals surface area contributed by atoms with Gasteiger partial charge in [0.05, 0.1) is 0 Å². The predicted octanol–water partition coefficient (Wildman–Crippen LogP) is 5.09. The van der Waals surface area contributed by atoms with E-state index in [0.717, 1.165) is 18.0 Å². The zero-order chi connectivity index (χ0) is 14.4. The molecule has 0 aliphatic heterocycles. The van der Waals surface area contributed by atoms with Gasteiger partial charge in [0.25, 0.3) is 0 Å². The summed E-state index contributed by atoms with van der Waals surface area (Å²) < 4.78 is 0. The Hall–Kier alpha value is -0.790. The van der Waals surface area contributed by atoms with Crippen molar-refractivity contribution in [2.45, 2.75) is 44.9 Å². The van der Waals surface area contributed by atoms with Crippen molar-refractivity contribution in [1.82, 2.24) is 4.90 Å². The van der Waals surface area contributed by atoms with Crippen LogP contribution in [0.5, 0.6) is 0 Å². The van der Waals surface area contributed by atoms with Gasteiger partial charge < -0.3 is 4.90 Å². The van der Waals surface area contributed by atoms with Crippen LogP contribution >= 0.6 is 11.6 Å². The first-order valence-electron chi connectivity index (χ1n) is 7.74. The van der Waals surface area contributed by atoms with E-state index >= 15 is 0 Å². The van der Waals surface area contributed by atoms with Gasteiger partial charge in [-0.2, -0.15) is 0 Å². The van der Waals surface area contributed by atoms with Crippen molar-refractivity contribution in [3.63, 3.8) is 0 Å². The monoisotopic (exact) mass is 291 g/mol. The molecule has 0 aromatic heterocycles. The smallest absolute Gasteiger partial charge is 0.0406 e. The zero-order valence-electron chi connectivity index (χ0n) is 12.8. The van der Waals surface area contributed by atoms with Crippen LogP contribution in [0, 0.1) is 0 Å². The maximum absolute atomic E-state index is 5.98. The molecule has 1 nitrogen and oxygen atoms in total. The summed E-state index contributed by atoms with van der Waals surface area (Å²) in [6.07, 6.45) is 9.13. The minimum Gasteiger partial charge on any atom is -0.305 e. The summed E-state index contributed by atoms with van der Waals surface area (Å²) in [7, 11) is 4.34. The fraction of sp³-hybridized carbons (Fsp3) is 0.556. The van der Waals surface area contributed by atoms with Gasteiger partial charge in [-0.25, -0.2) is 0 Å². The lowest BCUT2D eigenvalue weighted by Gasteiger charge is -2.21. The third-order valence-electron chi connectivity index (χ3n) is 4.04. The minimum atomic E-state index is 0.828. The van der Waals surface area contributed by atoms with Crippen LogP contribution < -0.4 is 0 Å². The van der Waals surface area contributed by atoms with Crippen LogP contribution in [0.2, 0.25) is 5.02 Å². The third-order valence-corrected chi connectivity index (χ3v) is 4.30. The second-order valence-electron chi connectivity index (χ2n) is 6.16. The van der Waals surface area contributed by atoms with Crippen molar-refractivity contribution < 1.29 is 0 Å². The van der Waals surface area contributed by atoms with Crippen molar-refractivity contribution in [3.8, 4) is 0 Å². The molecule has 0 atom stereocenters. The Balaban J connectivity index is 2.17. The van der Waals surface area contributed by atoms with Crippen molar-refractivity contribution >= 4 is 11.6 Å². The van der Waals surface area contributed by atoms with Gasteiger partial charge >= 0.3 is 0 Å². The molecule has 0 saturated heterocycles. The highest BCUT2D eigenvalue weighted by Crippen LogP contribution is 2.26. The quantitative estimate of drug-likeness (QED) is 0.698. The van der Waals surface area contributed by atoms with Crippen molar-refractivity contribution in [1.29, 1.82) is 0 Å². The van der Waals surface area contributed by atoms with Crippen LogP contribution in [-0.2, 0) is 6.42 Å². The number of likely N-dealkylation sites (N-methyl/N-ethyl adjacent to an activating group) is 1. The van der Waals surface area contributed by atoms with Gasteiger partial charge in [-0.1, -0.05) is 47.7 Å². The van der Waals surface area contributed by atoms with Gasteiger partial charge in [0, 0.05) is 11.6 Å². The highest BCUT2D eigenvalue weighted by atomic mass is 35.5. The second kappa shape index (κ2) is 7.85. The van der Waals surface area contributed by atoms with Gasteiger partial charge in [-0.05, 0) is 63.9 Å². The molecule has 0 heterocycles. The summed E-state index contributed by atoms with van der Waals surface area (Å²) in [5, 5.41) is 0.828. The van der Waals surface area contributed by atoms with Gasteiger partial charge in [0.15, 0.2) is 0 Å². The van der Waals surface area contributed by atoms with Crippen LogP contribution in [0.4, 0.5) is 0 Å². The predicted molar refractivity (Wildman–Crippen MR) is 88.4 cm³/mol. The third kappa shape index (κ3) is 4.96. The number of benzene rings is 1. The summed E-state index contributed by atoms with van der Waals surface area (Å²) in [5.41, 5.74) is 4.73. The van der Waals surface area contributed by atoms with Crippen LogP contribution in [0.1, 0.15) is 44.1 Å². The average molecular weight is 292 g/mol. The van der Waals surface area contributed by atoms with Gasteiger partial charge in [-0.3, -0.25) is 0 Å². The Labute approximate surface area is 128 Å². The van der Waals surface area contributed by atoms with E-state index in [9.17, 15) is 0 Å². The summed E-state index contributed by atoms with van der Waals surface area (Å²) in [4.78, 5) is 2.30. The Bertz CT molecular complexity index is 445. The average Bonchev–Trinajstić information content (AvgIpc) is 2.39. The number of hydrogen-bond acceptors (Lipinski definition) is 1. The molecule has 1 aromatic carbocycles. The van der Waals surface area contributed by atoms with Crippen molar-refractivity contribution in [2.24, 2.45) is 0 Å². The molecule has 0 saturated carbocycles. The van der Waals surface area contributed by atoms with E-state index in [-0.39, 0.29) is 0 Å². The van der Waals surface area contributed by atoms with E-state index in [4.69, 9.17) is 11.6 Å². The lowest BCUT2D eigenvalue weighted by atomic mass is 9.89. The maximum atomic E-state index is 5.98. The van der Waals surface area contributed by atoms with Gasteiger partial charge in [-0.15, -0.1) is 0 Å². The number of allylic oxidation sites excluding steroid dienone is 1. The molecule has 20 heavy (non-hydrogen) atoms. The molecular weight excluding hydrogens is 266 g/mol. The normalized spacial score (nSPS) is 17.2. The number of rotatable bonds is 4. The second-order valence-corrected chi connectivity index (χ2v) is 6.60. The zero-order valence-corrected chi connectivity index (χ0v) is 13.5. The molecule has 0 N–H and O–H groups in total. The van der Waals surface area contributed by atoms with E-state index < -0.39 is 0 Å². The number of nitrogens with zero attached hydrogens (tertiary/aromatic N) is 1. The van der Waals surface area contributed by atoms with E-state index in [2.05, 4.69) is 31.1 Å². The van der Waals surface area contributed by atoms with E-state index in [1.54, 1.807) is 11.1 Å². The molecule has 0 spiro atoms. The van der Waals surface area contributed by atoms with E-state index in [1.165, 1.54) is 44.1 Å². The molecule has 0 fully saturated rings. The number of halogens is 1. The Morgan fingerprint density at radius 1 is 0.900 bits per heavy atom. The molecule has 0 bridgehead atoms. The molecule has 110 valence electrons. The molecule has 2 heteroatoms. The first-order valence-corrected chi connectivity index (χ1v) is 8.12. The summed E-state index contributed by atoms with van der Waals surface area (Å²) >= 11 is 5.98. The summed E-state index contributed by atoms with van der Waals surface area (Å²) in [6.45, 7) is 1.11. The first-order chi connectivity index (χ1) is 9.65. The minimum absolute atomic E-state index is 0.828. The van der Waals surface area contributed by atoms with Crippen LogP contribution in [0.15, 0.2) is 35.4 Å². The van der Waals surface area contributed by atoms with Crippen molar-refractivity contribution in [2.75, 3.05) is 20.6 Å². The topological polar surface area (TPSA) is 3.24 Å². The maximum Gasteiger partial charge on any atom is 0.0406 e. The van der Waals surface area contributed by atoms with Crippen LogP contribution in [0.25, 0.3) is 0 Å². The largest absolute Gasteiger partial charge is 0.305 e. The van der Waals surface area contributed by atoms with Gasteiger partial charge in [0.2, 0.25) is 0 Å². The summed E-state index contributed by atoms with van der Waals surface area (Å²) in [5.74, 6) is 0. The molecule has 1 aliphatic rings. The fourth-order valence-corrected chi connectivity index (χ4v) is 3.14. The van der Waals surface area contributed by atoms with E-state index in [0.29, 0.717) is 0 Å². The molecular formula is C18H26ClN. The first kappa shape index (κ1) is 15.6. The van der Waals surface area contributed by atoms with Crippen molar-refractivity contribution in [3.05, 3.63) is 46.0 Å². The highest BCUT2D eigenvalue weighted by Gasteiger charge is 2.12. The van der Waals surface area contributed by atoms with E-state index in [1.807, 2.05) is 12.1 Å². The highest BCUT2D eigenvalue weighted by molar-refractivity contribution is 6.30. The SMILES string of the molecule is CN(C)CC1=C(Cc2ccc(Cl)cc2)CCCCCC1. The molecule has 0 amide bonds. The van der Waals surface area contributed by atoms with Gasteiger partial charge in [0.1, 0.15) is 0 Å².